The fraction of sp³-hybridized carbons (Fsp3) is 0.350. The third-order valence-corrected chi connectivity index (χ3v) is 5.73. The van der Waals surface area contributed by atoms with Crippen LogP contribution in [0.2, 0.25) is 0 Å². The number of benzene rings is 2. The highest BCUT2D eigenvalue weighted by molar-refractivity contribution is 7.89. The molecule has 2 rings (SSSR count). The van der Waals surface area contributed by atoms with Gasteiger partial charge in [0.15, 0.2) is 0 Å². The largest absolute Gasteiger partial charge is 0.335 e. The maximum atomic E-state index is 12.6. The molecule has 0 atom stereocenters. The molecule has 0 aromatic heterocycles. The summed E-state index contributed by atoms with van der Waals surface area (Å²) < 4.78 is 27.6. The van der Waals surface area contributed by atoms with E-state index in [-0.39, 0.29) is 23.4 Å². The molecule has 0 fully saturated rings. The quantitative estimate of drug-likeness (QED) is 0.810. The summed E-state index contributed by atoms with van der Waals surface area (Å²) in [4.78, 5) is 14.5. The molecule has 26 heavy (non-hydrogen) atoms. The Morgan fingerprint density at radius 1 is 1.08 bits per heavy atom. The molecule has 140 valence electrons. The minimum atomic E-state index is -3.74. The second-order valence-corrected chi connectivity index (χ2v) is 8.43. The fourth-order valence-corrected chi connectivity index (χ4v) is 3.97. The lowest BCUT2D eigenvalue weighted by molar-refractivity contribution is -0.132. The lowest BCUT2D eigenvalue weighted by Gasteiger charge is -2.27. The zero-order valence-electron chi connectivity index (χ0n) is 15.7. The number of rotatable bonds is 7. The summed E-state index contributed by atoms with van der Waals surface area (Å²) in [5.41, 5.74) is 2.52. The van der Waals surface area contributed by atoms with Gasteiger partial charge in [-0.2, -0.15) is 0 Å². The summed E-state index contributed by atoms with van der Waals surface area (Å²) in [6, 6.07) is 14.9. The first-order chi connectivity index (χ1) is 12.2. The first-order valence-electron chi connectivity index (χ1n) is 8.61. The molecule has 0 unspecified atom stereocenters. The van der Waals surface area contributed by atoms with Crippen LogP contribution in [-0.2, 0) is 21.4 Å². The Kier molecular flexibility index (Phi) is 6.56. The Morgan fingerprint density at radius 2 is 1.73 bits per heavy atom. The van der Waals surface area contributed by atoms with Crippen LogP contribution in [0.4, 0.5) is 0 Å². The topological polar surface area (TPSA) is 66.5 Å². The molecular formula is C20H26N2O3S. The Bertz CT molecular complexity index is 862. The van der Waals surface area contributed by atoms with Gasteiger partial charge in [0.25, 0.3) is 0 Å². The first-order valence-corrected chi connectivity index (χ1v) is 10.1. The lowest BCUT2D eigenvalue weighted by Crippen LogP contribution is -2.43. The van der Waals surface area contributed by atoms with Gasteiger partial charge in [-0.15, -0.1) is 0 Å². The molecule has 2 aromatic rings. The summed E-state index contributed by atoms with van der Waals surface area (Å²) in [6.45, 7) is 7.60. The van der Waals surface area contributed by atoms with E-state index in [2.05, 4.69) is 4.72 Å². The highest BCUT2D eigenvalue weighted by Crippen LogP contribution is 2.16. The smallest absolute Gasteiger partial charge is 0.241 e. The van der Waals surface area contributed by atoms with E-state index in [1.807, 2.05) is 57.2 Å². The van der Waals surface area contributed by atoms with E-state index in [1.165, 1.54) is 0 Å². The van der Waals surface area contributed by atoms with Gasteiger partial charge in [-0.05, 0) is 50.5 Å². The van der Waals surface area contributed by atoms with Crippen LogP contribution in [0.15, 0.2) is 53.4 Å². The SMILES string of the molecule is Cc1ccc(C)c(S(=O)(=O)NCC(=O)N(Cc2ccccc2)C(C)C)c1. The zero-order chi connectivity index (χ0) is 19.3. The van der Waals surface area contributed by atoms with E-state index in [4.69, 9.17) is 0 Å². The van der Waals surface area contributed by atoms with E-state index in [1.54, 1.807) is 24.0 Å². The number of carbonyl (C=O) groups is 1. The lowest BCUT2D eigenvalue weighted by atomic mass is 10.2. The summed E-state index contributed by atoms with van der Waals surface area (Å²) >= 11 is 0. The highest BCUT2D eigenvalue weighted by atomic mass is 32.2. The molecule has 0 radical (unpaired) electrons. The van der Waals surface area contributed by atoms with Gasteiger partial charge < -0.3 is 4.90 Å². The summed E-state index contributed by atoms with van der Waals surface area (Å²) in [6.07, 6.45) is 0. The number of sulfonamides is 1. The molecule has 6 heteroatoms. The zero-order valence-corrected chi connectivity index (χ0v) is 16.5. The molecular weight excluding hydrogens is 348 g/mol. The Hall–Kier alpha value is -2.18. The molecule has 5 nitrogen and oxygen atoms in total. The Morgan fingerprint density at radius 3 is 2.35 bits per heavy atom. The van der Waals surface area contributed by atoms with Crippen molar-refractivity contribution in [1.82, 2.24) is 9.62 Å². The van der Waals surface area contributed by atoms with Gasteiger partial charge in [0.05, 0.1) is 11.4 Å². The number of amides is 1. The van der Waals surface area contributed by atoms with Crippen molar-refractivity contribution in [2.75, 3.05) is 6.54 Å². The monoisotopic (exact) mass is 374 g/mol. The van der Waals surface area contributed by atoms with Crippen LogP contribution in [0.25, 0.3) is 0 Å². The van der Waals surface area contributed by atoms with Gasteiger partial charge >= 0.3 is 0 Å². The van der Waals surface area contributed by atoms with Gasteiger partial charge in [-0.3, -0.25) is 4.79 Å². The van der Waals surface area contributed by atoms with Gasteiger partial charge in [-0.1, -0.05) is 42.5 Å². The van der Waals surface area contributed by atoms with Crippen molar-refractivity contribution in [1.29, 1.82) is 0 Å². The molecule has 0 saturated carbocycles. The first kappa shape index (κ1) is 20.1. The van der Waals surface area contributed by atoms with Crippen molar-refractivity contribution in [2.45, 2.75) is 45.2 Å². The summed E-state index contributed by atoms with van der Waals surface area (Å²) in [7, 11) is -3.74. The average molecular weight is 375 g/mol. The standard InChI is InChI=1S/C20H26N2O3S/c1-15(2)22(14-18-8-6-5-7-9-18)20(23)13-21-26(24,25)19-12-16(3)10-11-17(19)4/h5-12,15,21H,13-14H2,1-4H3. The van der Waals surface area contributed by atoms with E-state index in [9.17, 15) is 13.2 Å². The normalized spacial score (nSPS) is 11.6. The van der Waals surface area contributed by atoms with Crippen LogP contribution >= 0.6 is 0 Å². The maximum absolute atomic E-state index is 12.6. The van der Waals surface area contributed by atoms with Crippen LogP contribution in [0.5, 0.6) is 0 Å². The maximum Gasteiger partial charge on any atom is 0.241 e. The molecule has 1 amide bonds. The van der Waals surface area contributed by atoms with Crippen molar-refractivity contribution < 1.29 is 13.2 Å². The van der Waals surface area contributed by atoms with E-state index in [0.29, 0.717) is 12.1 Å². The van der Waals surface area contributed by atoms with Gasteiger partial charge in [0.2, 0.25) is 15.9 Å². The number of carbonyl (C=O) groups excluding carboxylic acids is 1. The molecule has 0 aliphatic rings. The second kappa shape index (κ2) is 8.47. The van der Waals surface area contributed by atoms with Crippen LogP contribution in [0, 0.1) is 13.8 Å². The molecule has 0 aliphatic carbocycles. The Labute approximate surface area is 156 Å². The van der Waals surface area contributed by atoms with Crippen molar-refractivity contribution in [3.8, 4) is 0 Å². The van der Waals surface area contributed by atoms with Crippen molar-refractivity contribution >= 4 is 15.9 Å². The predicted octanol–water partition coefficient (Wildman–Crippen LogP) is 3.02. The highest BCUT2D eigenvalue weighted by Gasteiger charge is 2.22. The van der Waals surface area contributed by atoms with Crippen molar-refractivity contribution in [3.63, 3.8) is 0 Å². The fourth-order valence-electron chi connectivity index (χ4n) is 2.67. The number of hydrogen-bond acceptors (Lipinski definition) is 3. The molecule has 1 N–H and O–H groups in total. The average Bonchev–Trinajstić information content (AvgIpc) is 2.60. The Balaban J connectivity index is 2.10. The van der Waals surface area contributed by atoms with Gasteiger partial charge in [0.1, 0.15) is 0 Å². The minimum absolute atomic E-state index is 0.0343. The number of aryl methyl sites for hydroxylation is 2. The predicted molar refractivity (Wildman–Crippen MR) is 103 cm³/mol. The van der Waals surface area contributed by atoms with Gasteiger partial charge in [0, 0.05) is 12.6 Å². The second-order valence-electron chi connectivity index (χ2n) is 6.69. The minimum Gasteiger partial charge on any atom is -0.335 e. The van der Waals surface area contributed by atoms with E-state index >= 15 is 0 Å². The van der Waals surface area contributed by atoms with Crippen LogP contribution in [0.3, 0.4) is 0 Å². The molecule has 0 heterocycles. The molecule has 0 bridgehead atoms. The van der Waals surface area contributed by atoms with E-state index in [0.717, 1.165) is 11.1 Å². The van der Waals surface area contributed by atoms with Gasteiger partial charge in [-0.25, -0.2) is 13.1 Å². The summed E-state index contributed by atoms with van der Waals surface area (Å²) in [5, 5.41) is 0. The number of nitrogens with zero attached hydrogens (tertiary/aromatic N) is 1. The molecule has 0 spiro atoms. The van der Waals surface area contributed by atoms with Crippen LogP contribution in [0.1, 0.15) is 30.5 Å². The third kappa shape index (κ3) is 5.16. The number of hydrogen-bond donors (Lipinski definition) is 1. The third-order valence-electron chi connectivity index (χ3n) is 4.19. The van der Waals surface area contributed by atoms with Crippen LogP contribution < -0.4 is 4.72 Å². The summed E-state index contributed by atoms with van der Waals surface area (Å²) in [5.74, 6) is -0.252. The number of nitrogens with one attached hydrogen (secondary N) is 1. The molecule has 0 saturated heterocycles. The van der Waals surface area contributed by atoms with E-state index < -0.39 is 10.0 Å². The molecule has 0 aliphatic heterocycles. The van der Waals surface area contributed by atoms with Crippen LogP contribution in [-0.4, -0.2) is 31.8 Å². The molecule has 2 aromatic carbocycles. The van der Waals surface area contributed by atoms with Crippen molar-refractivity contribution in [3.05, 3.63) is 65.2 Å². The van der Waals surface area contributed by atoms with Crippen molar-refractivity contribution in [2.24, 2.45) is 0 Å².